The first kappa shape index (κ1) is 26.7. The minimum absolute atomic E-state index is 0.200. The first-order valence-corrected chi connectivity index (χ1v) is 11.2. The van der Waals surface area contributed by atoms with Crippen molar-refractivity contribution in [2.75, 3.05) is 18.6 Å². The number of carbonyl (C=O) groups excluding carboxylic acids is 4. The number of carbonyl (C=O) groups is 5. The third-order valence-corrected chi connectivity index (χ3v) is 5.51. The third-order valence-electron chi connectivity index (χ3n) is 4.87. The van der Waals surface area contributed by atoms with Gasteiger partial charge in [-0.2, -0.15) is 11.8 Å². The van der Waals surface area contributed by atoms with Crippen molar-refractivity contribution in [3.8, 4) is 0 Å². The van der Waals surface area contributed by atoms with Crippen molar-refractivity contribution in [3.05, 3.63) is 0 Å². The van der Waals surface area contributed by atoms with Crippen LogP contribution < -0.4 is 22.1 Å². The molecule has 0 bridgehead atoms. The number of primary amides is 1. The van der Waals surface area contributed by atoms with E-state index >= 15 is 0 Å². The van der Waals surface area contributed by atoms with Crippen LogP contribution in [0.2, 0.25) is 0 Å². The molecule has 0 aromatic heterocycles. The topological polar surface area (TPSA) is 205 Å². The van der Waals surface area contributed by atoms with E-state index in [4.69, 9.17) is 11.5 Å². The SMILES string of the molecule is CSCCC(NC(=O)C1CCCN1C(=O)C(NC(=O)C(N)CC(N)=O)C(C)O)C(=O)O. The highest BCUT2D eigenvalue weighted by molar-refractivity contribution is 7.98. The van der Waals surface area contributed by atoms with E-state index in [-0.39, 0.29) is 13.0 Å². The Kier molecular flexibility index (Phi) is 10.7. The number of nitrogens with two attached hydrogens (primary N) is 2. The molecule has 8 N–H and O–H groups in total. The summed E-state index contributed by atoms with van der Waals surface area (Å²) >= 11 is 1.44. The molecule has 0 spiro atoms. The Balaban J connectivity index is 2.89. The lowest BCUT2D eigenvalue weighted by atomic mass is 10.1. The van der Waals surface area contributed by atoms with E-state index in [2.05, 4.69) is 10.6 Å². The molecule has 1 aliphatic rings. The number of aliphatic hydroxyl groups excluding tert-OH is 1. The van der Waals surface area contributed by atoms with E-state index in [1.807, 2.05) is 6.26 Å². The molecule has 1 rings (SSSR count). The highest BCUT2D eigenvalue weighted by atomic mass is 32.2. The molecular formula is C18H31N5O7S. The Morgan fingerprint density at radius 2 is 1.87 bits per heavy atom. The predicted octanol–water partition coefficient (Wildman–Crippen LogP) is -2.63. The summed E-state index contributed by atoms with van der Waals surface area (Å²) in [5.41, 5.74) is 10.6. The fraction of sp³-hybridized carbons (Fsp3) is 0.722. The van der Waals surface area contributed by atoms with Crippen LogP contribution in [0.25, 0.3) is 0 Å². The summed E-state index contributed by atoms with van der Waals surface area (Å²) in [5, 5.41) is 24.1. The van der Waals surface area contributed by atoms with Crippen molar-refractivity contribution in [1.29, 1.82) is 0 Å². The number of aliphatic carboxylic acids is 1. The van der Waals surface area contributed by atoms with Crippen LogP contribution in [0.15, 0.2) is 0 Å². The molecule has 1 heterocycles. The minimum atomic E-state index is -1.40. The summed E-state index contributed by atoms with van der Waals surface area (Å²) in [4.78, 5) is 61.4. The van der Waals surface area contributed by atoms with Crippen molar-refractivity contribution < 1.29 is 34.2 Å². The van der Waals surface area contributed by atoms with Crippen molar-refractivity contribution in [3.63, 3.8) is 0 Å². The van der Waals surface area contributed by atoms with Gasteiger partial charge in [-0.15, -0.1) is 0 Å². The average Bonchev–Trinajstić information content (AvgIpc) is 3.17. The molecule has 4 amide bonds. The number of likely N-dealkylation sites (tertiary alicyclic amines) is 1. The van der Waals surface area contributed by atoms with Gasteiger partial charge in [0, 0.05) is 6.54 Å². The summed E-state index contributed by atoms with van der Waals surface area (Å²) in [7, 11) is 0. The Bertz CT molecular complexity index is 690. The van der Waals surface area contributed by atoms with Crippen LogP contribution in [-0.4, -0.2) is 93.5 Å². The summed E-state index contributed by atoms with van der Waals surface area (Å²) in [6, 6.07) is -4.71. The number of amides is 4. The second-order valence-electron chi connectivity index (χ2n) is 7.37. The fourth-order valence-corrected chi connectivity index (χ4v) is 3.67. The molecule has 5 atom stereocenters. The van der Waals surface area contributed by atoms with Gasteiger partial charge < -0.3 is 37.2 Å². The molecule has 31 heavy (non-hydrogen) atoms. The molecule has 176 valence electrons. The normalized spacial score (nSPS) is 19.7. The molecule has 1 aliphatic heterocycles. The smallest absolute Gasteiger partial charge is 0.326 e. The van der Waals surface area contributed by atoms with Crippen LogP contribution in [0.1, 0.15) is 32.6 Å². The molecule has 1 saturated heterocycles. The van der Waals surface area contributed by atoms with Gasteiger partial charge in [-0.3, -0.25) is 19.2 Å². The van der Waals surface area contributed by atoms with Gasteiger partial charge in [0.1, 0.15) is 18.1 Å². The zero-order valence-corrected chi connectivity index (χ0v) is 18.4. The number of carboxylic acid groups (broad SMARTS) is 1. The molecule has 13 heteroatoms. The number of nitrogens with one attached hydrogen (secondary N) is 2. The van der Waals surface area contributed by atoms with Crippen molar-refractivity contribution in [2.24, 2.45) is 11.5 Å². The first-order chi connectivity index (χ1) is 14.5. The minimum Gasteiger partial charge on any atom is -0.480 e. The maximum atomic E-state index is 13.0. The number of aliphatic hydroxyl groups is 1. The van der Waals surface area contributed by atoms with E-state index in [0.29, 0.717) is 18.6 Å². The molecular weight excluding hydrogens is 430 g/mol. The Hall–Kier alpha value is -2.38. The van der Waals surface area contributed by atoms with Crippen LogP contribution in [0.4, 0.5) is 0 Å². The van der Waals surface area contributed by atoms with Crippen LogP contribution >= 0.6 is 11.8 Å². The second kappa shape index (κ2) is 12.5. The maximum absolute atomic E-state index is 13.0. The highest BCUT2D eigenvalue weighted by Gasteiger charge is 2.40. The number of carboxylic acids is 1. The van der Waals surface area contributed by atoms with Crippen molar-refractivity contribution in [2.45, 2.75) is 62.9 Å². The molecule has 0 aromatic carbocycles. The summed E-state index contributed by atoms with van der Waals surface area (Å²) in [6.45, 7) is 1.49. The second-order valence-corrected chi connectivity index (χ2v) is 8.36. The Morgan fingerprint density at radius 1 is 1.23 bits per heavy atom. The van der Waals surface area contributed by atoms with Crippen molar-refractivity contribution in [1.82, 2.24) is 15.5 Å². The van der Waals surface area contributed by atoms with Crippen LogP contribution in [0.3, 0.4) is 0 Å². The van der Waals surface area contributed by atoms with Gasteiger partial charge in [0.05, 0.1) is 18.6 Å². The number of thioether (sulfide) groups is 1. The average molecular weight is 462 g/mol. The predicted molar refractivity (Wildman–Crippen MR) is 113 cm³/mol. The van der Waals surface area contributed by atoms with E-state index in [9.17, 15) is 34.2 Å². The molecule has 0 aliphatic carbocycles. The molecule has 1 fully saturated rings. The van der Waals surface area contributed by atoms with E-state index in [0.717, 1.165) is 0 Å². The molecule has 12 nitrogen and oxygen atoms in total. The van der Waals surface area contributed by atoms with Crippen LogP contribution in [0.5, 0.6) is 0 Å². The number of hydrogen-bond acceptors (Lipinski definition) is 8. The highest BCUT2D eigenvalue weighted by Crippen LogP contribution is 2.20. The van der Waals surface area contributed by atoms with Gasteiger partial charge in [0.2, 0.25) is 23.6 Å². The fourth-order valence-electron chi connectivity index (χ4n) is 3.20. The summed E-state index contributed by atoms with van der Waals surface area (Å²) in [5.74, 6) is -3.60. The zero-order valence-electron chi connectivity index (χ0n) is 17.6. The largest absolute Gasteiger partial charge is 0.480 e. The van der Waals surface area contributed by atoms with Gasteiger partial charge in [0.25, 0.3) is 0 Å². The molecule has 0 aromatic rings. The number of hydrogen-bond donors (Lipinski definition) is 6. The lowest BCUT2D eigenvalue weighted by Gasteiger charge is -2.31. The first-order valence-electron chi connectivity index (χ1n) is 9.84. The monoisotopic (exact) mass is 461 g/mol. The molecule has 0 radical (unpaired) electrons. The molecule has 5 unspecified atom stereocenters. The Morgan fingerprint density at radius 3 is 2.39 bits per heavy atom. The van der Waals surface area contributed by atoms with Gasteiger partial charge in [-0.05, 0) is 38.2 Å². The lowest BCUT2D eigenvalue weighted by Crippen LogP contribution is -2.59. The van der Waals surface area contributed by atoms with Crippen molar-refractivity contribution >= 4 is 41.4 Å². The zero-order chi connectivity index (χ0) is 23.7. The maximum Gasteiger partial charge on any atom is 0.326 e. The number of nitrogens with zero attached hydrogens (tertiary/aromatic N) is 1. The summed E-state index contributed by atoms with van der Waals surface area (Å²) < 4.78 is 0. The van der Waals surface area contributed by atoms with Crippen LogP contribution in [-0.2, 0) is 24.0 Å². The van der Waals surface area contributed by atoms with Gasteiger partial charge in [-0.25, -0.2) is 4.79 Å². The number of rotatable bonds is 12. The van der Waals surface area contributed by atoms with Gasteiger partial charge in [0.15, 0.2) is 0 Å². The molecule has 0 saturated carbocycles. The van der Waals surface area contributed by atoms with E-state index in [1.165, 1.54) is 23.6 Å². The third kappa shape index (κ3) is 7.99. The van der Waals surface area contributed by atoms with Gasteiger partial charge >= 0.3 is 5.97 Å². The lowest BCUT2D eigenvalue weighted by molar-refractivity contribution is -0.146. The van der Waals surface area contributed by atoms with E-state index < -0.39 is 66.3 Å². The van der Waals surface area contributed by atoms with E-state index in [1.54, 1.807) is 0 Å². The standard InChI is InChI=1S/C18H31N5O7S/c1-9(24)14(22-15(26)10(19)8-13(20)25)17(28)23-6-3-4-12(23)16(27)21-11(18(29)30)5-7-31-2/h9-12,14,24H,3-8,19H2,1-2H3,(H2,20,25)(H,21,27)(H,22,26)(H,29,30). The quantitative estimate of drug-likeness (QED) is 0.179. The van der Waals surface area contributed by atoms with Gasteiger partial charge in [-0.1, -0.05) is 0 Å². The summed E-state index contributed by atoms with van der Waals surface area (Å²) in [6.07, 6.45) is 1.11. The van der Waals surface area contributed by atoms with Crippen LogP contribution in [0, 0.1) is 0 Å². The Labute approximate surface area is 184 Å².